The van der Waals surface area contributed by atoms with E-state index in [1.807, 2.05) is 0 Å². The van der Waals surface area contributed by atoms with Crippen molar-refractivity contribution in [2.75, 3.05) is 13.2 Å². The minimum Gasteiger partial charge on any atom is -0.480 e. The van der Waals surface area contributed by atoms with Gasteiger partial charge >= 0.3 is 5.97 Å². The third kappa shape index (κ3) is 2.97. The first-order chi connectivity index (χ1) is 8.09. The fourth-order valence-electron chi connectivity index (χ4n) is 2.16. The molecule has 0 aromatic carbocycles. The molecular formula is C12H19NO4. The van der Waals surface area contributed by atoms with Crippen LogP contribution >= 0.6 is 0 Å². The predicted molar refractivity (Wildman–Crippen MR) is 60.5 cm³/mol. The Morgan fingerprint density at radius 3 is 2.71 bits per heavy atom. The third-order valence-electron chi connectivity index (χ3n) is 3.45. The highest BCUT2D eigenvalue weighted by Crippen LogP contribution is 2.29. The predicted octanol–water partition coefficient (Wildman–Crippen LogP) is 0.877. The summed E-state index contributed by atoms with van der Waals surface area (Å²) < 4.78 is 5.48. The van der Waals surface area contributed by atoms with Gasteiger partial charge in [0, 0.05) is 6.54 Å². The van der Waals surface area contributed by atoms with Gasteiger partial charge in [-0.05, 0) is 38.5 Å². The number of likely N-dealkylation sites (tertiary alicyclic amines) is 1. The van der Waals surface area contributed by atoms with E-state index in [2.05, 4.69) is 0 Å². The maximum atomic E-state index is 12.0. The maximum absolute atomic E-state index is 12.0. The summed E-state index contributed by atoms with van der Waals surface area (Å²) in [4.78, 5) is 24.5. The van der Waals surface area contributed by atoms with Gasteiger partial charge in [-0.1, -0.05) is 0 Å². The molecule has 1 saturated carbocycles. The number of carboxylic acids is 1. The largest absolute Gasteiger partial charge is 0.480 e. The van der Waals surface area contributed by atoms with Crippen LogP contribution in [-0.2, 0) is 14.3 Å². The molecule has 2 atom stereocenters. The number of carbonyl (C=O) groups excluding carboxylic acids is 1. The molecule has 1 heterocycles. The fraction of sp³-hybridized carbons (Fsp3) is 0.833. The molecule has 0 aromatic rings. The standard InChI is InChI=1S/C12H19NO4/c1-8(17-7-9-4-5-9)11(14)13-6-2-3-10(13)12(15)16/h8-10H,2-7H2,1H3,(H,15,16)/t8-,10+/m1/s1. The van der Waals surface area contributed by atoms with E-state index in [0.717, 1.165) is 6.42 Å². The molecule has 96 valence electrons. The van der Waals surface area contributed by atoms with E-state index in [-0.39, 0.29) is 5.91 Å². The zero-order chi connectivity index (χ0) is 12.4. The Hall–Kier alpha value is -1.10. The smallest absolute Gasteiger partial charge is 0.326 e. The van der Waals surface area contributed by atoms with Crippen molar-refractivity contribution in [1.29, 1.82) is 0 Å². The molecule has 2 fully saturated rings. The van der Waals surface area contributed by atoms with Gasteiger partial charge in [0.15, 0.2) is 0 Å². The molecule has 1 aliphatic carbocycles. The topological polar surface area (TPSA) is 66.8 Å². The number of rotatable bonds is 5. The van der Waals surface area contributed by atoms with E-state index in [9.17, 15) is 9.59 Å². The van der Waals surface area contributed by atoms with Gasteiger partial charge < -0.3 is 14.7 Å². The minimum atomic E-state index is -0.912. The summed E-state index contributed by atoms with van der Waals surface area (Å²) in [6, 6.07) is -0.658. The molecule has 1 aliphatic heterocycles. The lowest BCUT2D eigenvalue weighted by atomic mass is 10.2. The molecule has 0 aromatic heterocycles. The molecule has 0 bridgehead atoms. The average molecular weight is 241 g/mol. The van der Waals surface area contributed by atoms with Gasteiger partial charge in [0.1, 0.15) is 12.1 Å². The third-order valence-corrected chi connectivity index (χ3v) is 3.45. The lowest BCUT2D eigenvalue weighted by Crippen LogP contribution is -2.45. The fourth-order valence-corrected chi connectivity index (χ4v) is 2.16. The molecule has 1 amide bonds. The number of hydrogen-bond donors (Lipinski definition) is 1. The number of hydrogen-bond acceptors (Lipinski definition) is 3. The summed E-state index contributed by atoms with van der Waals surface area (Å²) >= 11 is 0. The molecule has 0 spiro atoms. The summed E-state index contributed by atoms with van der Waals surface area (Å²) in [7, 11) is 0. The second kappa shape index (κ2) is 5.04. The van der Waals surface area contributed by atoms with E-state index in [1.165, 1.54) is 17.7 Å². The highest BCUT2D eigenvalue weighted by Gasteiger charge is 2.36. The normalized spacial score (nSPS) is 25.9. The van der Waals surface area contributed by atoms with Crippen molar-refractivity contribution in [3.63, 3.8) is 0 Å². The van der Waals surface area contributed by atoms with Crippen molar-refractivity contribution in [1.82, 2.24) is 4.90 Å². The molecule has 2 aliphatic rings. The molecule has 0 unspecified atom stereocenters. The Kier molecular flexibility index (Phi) is 3.66. The van der Waals surface area contributed by atoms with Crippen LogP contribution in [0.1, 0.15) is 32.6 Å². The molecule has 17 heavy (non-hydrogen) atoms. The number of aliphatic carboxylic acids is 1. The Labute approximate surface area is 101 Å². The Bertz CT molecular complexity index is 314. The van der Waals surface area contributed by atoms with Crippen LogP contribution < -0.4 is 0 Å². The zero-order valence-electron chi connectivity index (χ0n) is 10.1. The highest BCUT2D eigenvalue weighted by atomic mass is 16.5. The maximum Gasteiger partial charge on any atom is 0.326 e. The highest BCUT2D eigenvalue weighted by molar-refractivity contribution is 5.86. The summed E-state index contributed by atoms with van der Waals surface area (Å²) in [6.45, 7) is 2.87. The van der Waals surface area contributed by atoms with Crippen LogP contribution in [-0.4, -0.2) is 47.2 Å². The van der Waals surface area contributed by atoms with Crippen molar-refractivity contribution < 1.29 is 19.4 Å². The van der Waals surface area contributed by atoms with Crippen LogP contribution in [0.3, 0.4) is 0 Å². The Balaban J connectivity index is 1.86. The molecule has 2 rings (SSSR count). The summed E-state index contributed by atoms with van der Waals surface area (Å²) in [6.07, 6.45) is 3.16. The van der Waals surface area contributed by atoms with Crippen LogP contribution in [0.15, 0.2) is 0 Å². The number of amides is 1. The van der Waals surface area contributed by atoms with Gasteiger partial charge in [-0.25, -0.2) is 4.79 Å². The lowest BCUT2D eigenvalue weighted by Gasteiger charge is -2.24. The number of nitrogens with zero attached hydrogens (tertiary/aromatic N) is 1. The summed E-state index contributed by atoms with van der Waals surface area (Å²) in [5.74, 6) is -0.486. The Morgan fingerprint density at radius 1 is 1.41 bits per heavy atom. The van der Waals surface area contributed by atoms with Crippen molar-refractivity contribution in [2.45, 2.75) is 44.8 Å². The minimum absolute atomic E-state index is 0.185. The zero-order valence-corrected chi connectivity index (χ0v) is 10.1. The van der Waals surface area contributed by atoms with Crippen LogP contribution in [0.4, 0.5) is 0 Å². The van der Waals surface area contributed by atoms with Gasteiger partial charge in [-0.2, -0.15) is 0 Å². The Morgan fingerprint density at radius 2 is 2.12 bits per heavy atom. The number of ether oxygens (including phenoxy) is 1. The van der Waals surface area contributed by atoms with E-state index in [0.29, 0.717) is 25.5 Å². The monoisotopic (exact) mass is 241 g/mol. The quantitative estimate of drug-likeness (QED) is 0.775. The molecule has 1 N–H and O–H groups in total. The van der Waals surface area contributed by atoms with Gasteiger partial charge in [-0.15, -0.1) is 0 Å². The SMILES string of the molecule is C[C@@H](OCC1CC1)C(=O)N1CCC[C@H]1C(=O)O. The summed E-state index contributed by atoms with van der Waals surface area (Å²) in [5.41, 5.74) is 0. The van der Waals surface area contributed by atoms with E-state index in [4.69, 9.17) is 9.84 Å². The van der Waals surface area contributed by atoms with Gasteiger partial charge in [0.2, 0.25) is 0 Å². The number of carboxylic acid groups (broad SMARTS) is 1. The first-order valence-electron chi connectivity index (χ1n) is 6.24. The number of carbonyl (C=O) groups is 2. The lowest BCUT2D eigenvalue weighted by molar-refractivity contribution is -0.153. The van der Waals surface area contributed by atoms with E-state index >= 15 is 0 Å². The first-order valence-corrected chi connectivity index (χ1v) is 6.24. The van der Waals surface area contributed by atoms with Crippen LogP contribution in [0.5, 0.6) is 0 Å². The molecule has 0 radical (unpaired) electrons. The van der Waals surface area contributed by atoms with Gasteiger partial charge in [-0.3, -0.25) is 4.79 Å². The van der Waals surface area contributed by atoms with Crippen molar-refractivity contribution in [3.8, 4) is 0 Å². The van der Waals surface area contributed by atoms with Crippen LogP contribution in [0.2, 0.25) is 0 Å². The first kappa shape index (κ1) is 12.4. The molecule has 1 saturated heterocycles. The van der Waals surface area contributed by atoms with E-state index in [1.54, 1.807) is 6.92 Å². The van der Waals surface area contributed by atoms with Crippen molar-refractivity contribution in [2.24, 2.45) is 5.92 Å². The molecule has 5 heteroatoms. The molecular weight excluding hydrogens is 222 g/mol. The molecule has 5 nitrogen and oxygen atoms in total. The van der Waals surface area contributed by atoms with Crippen molar-refractivity contribution >= 4 is 11.9 Å². The van der Waals surface area contributed by atoms with Gasteiger partial charge in [0.25, 0.3) is 5.91 Å². The van der Waals surface area contributed by atoms with Gasteiger partial charge in [0.05, 0.1) is 6.61 Å². The van der Waals surface area contributed by atoms with Crippen molar-refractivity contribution in [3.05, 3.63) is 0 Å². The average Bonchev–Trinajstić information content (AvgIpc) is 2.99. The summed E-state index contributed by atoms with van der Waals surface area (Å²) in [5, 5.41) is 9.01. The second-order valence-electron chi connectivity index (χ2n) is 4.95. The second-order valence-corrected chi connectivity index (χ2v) is 4.95. The van der Waals surface area contributed by atoms with Crippen LogP contribution in [0.25, 0.3) is 0 Å². The van der Waals surface area contributed by atoms with E-state index < -0.39 is 18.1 Å². The van der Waals surface area contributed by atoms with Crippen LogP contribution in [0, 0.1) is 5.92 Å².